The molecule has 0 spiro atoms. The predicted octanol–water partition coefficient (Wildman–Crippen LogP) is 4.38. The summed E-state index contributed by atoms with van der Waals surface area (Å²) in [5, 5.41) is 0. The molecule has 0 saturated carbocycles. The Hall–Kier alpha value is -1.03. The highest BCUT2D eigenvalue weighted by molar-refractivity contribution is 9.10. The van der Waals surface area contributed by atoms with E-state index in [1.54, 1.807) is 0 Å². The lowest BCUT2D eigenvalue weighted by molar-refractivity contribution is -0.134. The van der Waals surface area contributed by atoms with Crippen LogP contribution in [0.5, 0.6) is 5.75 Å². The van der Waals surface area contributed by atoms with E-state index in [-0.39, 0.29) is 17.9 Å². The molecule has 0 N–H and O–H groups in total. The molecule has 0 unspecified atom stereocenters. The number of likely N-dealkylation sites (tertiary alicyclic amines) is 1. The number of halogens is 1. The van der Waals surface area contributed by atoms with E-state index in [0.29, 0.717) is 0 Å². The van der Waals surface area contributed by atoms with Crippen molar-refractivity contribution in [3.63, 3.8) is 0 Å². The summed E-state index contributed by atoms with van der Waals surface area (Å²) < 4.78 is 6.61. The van der Waals surface area contributed by atoms with Crippen molar-refractivity contribution in [3.8, 4) is 5.75 Å². The summed E-state index contributed by atoms with van der Waals surface area (Å²) in [6.07, 6.45) is 2.19. The Kier molecular flexibility index (Phi) is 5.54. The molecule has 2 rings (SSSR count). The number of rotatable bonds is 3. The van der Waals surface area contributed by atoms with Gasteiger partial charge >= 0.3 is 0 Å². The maximum Gasteiger partial charge on any atom is 0.260 e. The first-order valence-corrected chi connectivity index (χ1v) is 8.77. The third kappa shape index (κ3) is 4.48. The van der Waals surface area contributed by atoms with Crippen molar-refractivity contribution in [2.24, 2.45) is 5.92 Å². The number of benzene rings is 1. The Balaban J connectivity index is 1.93. The van der Waals surface area contributed by atoms with E-state index < -0.39 is 0 Å². The third-order valence-electron chi connectivity index (χ3n) is 4.29. The van der Waals surface area contributed by atoms with E-state index in [9.17, 15) is 4.79 Å². The van der Waals surface area contributed by atoms with E-state index in [1.165, 1.54) is 5.56 Å². The molecule has 3 nitrogen and oxygen atoms in total. The van der Waals surface area contributed by atoms with Crippen molar-refractivity contribution < 1.29 is 9.53 Å². The van der Waals surface area contributed by atoms with Crippen LogP contribution in [-0.2, 0) is 10.2 Å². The molecular weight excluding hydrogens is 342 g/mol. The number of carbonyl (C=O) groups excluding carboxylic acids is 1. The molecular formula is C18H26BrNO2. The average molecular weight is 368 g/mol. The first-order chi connectivity index (χ1) is 10.3. The Morgan fingerprint density at radius 2 is 1.95 bits per heavy atom. The van der Waals surface area contributed by atoms with Gasteiger partial charge in [0.15, 0.2) is 6.61 Å². The van der Waals surface area contributed by atoms with Crippen molar-refractivity contribution in [1.82, 2.24) is 4.90 Å². The number of piperidine rings is 1. The van der Waals surface area contributed by atoms with E-state index >= 15 is 0 Å². The molecule has 1 heterocycles. The minimum absolute atomic E-state index is 0.0821. The summed E-state index contributed by atoms with van der Waals surface area (Å²) in [5.74, 6) is 1.54. The van der Waals surface area contributed by atoms with Gasteiger partial charge in [-0.15, -0.1) is 0 Å². The molecule has 0 bridgehead atoms. The van der Waals surface area contributed by atoms with Gasteiger partial charge in [-0.3, -0.25) is 4.79 Å². The molecule has 122 valence electrons. The normalized spacial score (nSPS) is 16.7. The van der Waals surface area contributed by atoms with Crippen LogP contribution in [0, 0.1) is 5.92 Å². The molecule has 1 aliphatic heterocycles. The van der Waals surface area contributed by atoms with Crippen molar-refractivity contribution in [2.45, 2.75) is 46.0 Å². The lowest BCUT2D eigenvalue weighted by atomic mass is 9.87. The average Bonchev–Trinajstić information content (AvgIpc) is 2.45. The predicted molar refractivity (Wildman–Crippen MR) is 93.3 cm³/mol. The molecule has 0 aliphatic carbocycles. The molecule has 1 fully saturated rings. The van der Waals surface area contributed by atoms with Gasteiger partial charge in [-0.25, -0.2) is 0 Å². The van der Waals surface area contributed by atoms with Crippen LogP contribution in [-0.4, -0.2) is 30.5 Å². The number of nitrogens with zero attached hydrogens (tertiary/aromatic N) is 1. The van der Waals surface area contributed by atoms with E-state index in [2.05, 4.69) is 55.8 Å². The van der Waals surface area contributed by atoms with Gasteiger partial charge in [-0.05, 0) is 57.8 Å². The molecule has 1 saturated heterocycles. The highest BCUT2D eigenvalue weighted by Crippen LogP contribution is 2.31. The van der Waals surface area contributed by atoms with Crippen LogP contribution in [0.4, 0.5) is 0 Å². The van der Waals surface area contributed by atoms with Crippen LogP contribution in [0.25, 0.3) is 0 Å². The largest absolute Gasteiger partial charge is 0.483 e. The van der Waals surface area contributed by atoms with Crippen LogP contribution < -0.4 is 4.74 Å². The van der Waals surface area contributed by atoms with Crippen LogP contribution >= 0.6 is 15.9 Å². The molecule has 1 amide bonds. The lowest BCUT2D eigenvalue weighted by Gasteiger charge is -2.30. The third-order valence-corrected chi connectivity index (χ3v) is 4.91. The first-order valence-electron chi connectivity index (χ1n) is 7.98. The smallest absolute Gasteiger partial charge is 0.260 e. The zero-order valence-electron chi connectivity index (χ0n) is 14.0. The van der Waals surface area contributed by atoms with E-state index in [4.69, 9.17) is 4.74 Å². The monoisotopic (exact) mass is 367 g/mol. The summed E-state index contributed by atoms with van der Waals surface area (Å²) in [6.45, 7) is 10.6. The molecule has 22 heavy (non-hydrogen) atoms. The van der Waals surface area contributed by atoms with Crippen LogP contribution in [0.2, 0.25) is 0 Å². The van der Waals surface area contributed by atoms with Crippen LogP contribution in [0.3, 0.4) is 0 Å². The number of hydrogen-bond donors (Lipinski definition) is 0. The standard InChI is InChI=1S/C18H26BrNO2/c1-13-7-9-20(10-8-13)17(21)12-22-16-6-5-14(11-15(16)19)18(2,3)4/h5-6,11,13H,7-10,12H2,1-4H3. The fraction of sp³-hybridized carbons (Fsp3) is 0.611. The van der Waals surface area contributed by atoms with E-state index in [0.717, 1.165) is 42.1 Å². The van der Waals surface area contributed by atoms with Gasteiger partial charge in [0.2, 0.25) is 0 Å². The Morgan fingerprint density at radius 1 is 1.32 bits per heavy atom. The fourth-order valence-electron chi connectivity index (χ4n) is 2.57. The van der Waals surface area contributed by atoms with Gasteiger partial charge in [0, 0.05) is 13.1 Å². The quantitative estimate of drug-likeness (QED) is 0.792. The van der Waals surface area contributed by atoms with Crippen molar-refractivity contribution >= 4 is 21.8 Å². The number of amides is 1. The topological polar surface area (TPSA) is 29.5 Å². The summed E-state index contributed by atoms with van der Waals surface area (Å²) >= 11 is 3.54. The fourth-order valence-corrected chi connectivity index (χ4v) is 3.07. The Labute approximate surface area is 142 Å². The Bertz CT molecular complexity index is 528. The molecule has 0 radical (unpaired) electrons. The molecule has 0 atom stereocenters. The Morgan fingerprint density at radius 3 is 2.50 bits per heavy atom. The van der Waals surface area contributed by atoms with Crippen molar-refractivity contribution in [3.05, 3.63) is 28.2 Å². The first kappa shape index (κ1) is 17.3. The SMILES string of the molecule is CC1CCN(C(=O)COc2ccc(C(C)(C)C)cc2Br)CC1. The minimum Gasteiger partial charge on any atom is -0.483 e. The van der Waals surface area contributed by atoms with E-state index in [1.807, 2.05) is 11.0 Å². The zero-order chi connectivity index (χ0) is 16.3. The number of hydrogen-bond acceptors (Lipinski definition) is 2. The number of carbonyl (C=O) groups is 1. The van der Waals surface area contributed by atoms with Crippen molar-refractivity contribution in [1.29, 1.82) is 0 Å². The zero-order valence-corrected chi connectivity index (χ0v) is 15.6. The molecule has 1 aromatic carbocycles. The number of ether oxygens (including phenoxy) is 1. The second-order valence-corrected chi connectivity index (χ2v) is 8.10. The summed E-state index contributed by atoms with van der Waals surface area (Å²) in [5.41, 5.74) is 1.34. The van der Waals surface area contributed by atoms with Gasteiger partial charge in [0.1, 0.15) is 5.75 Å². The second-order valence-electron chi connectivity index (χ2n) is 7.25. The minimum atomic E-state index is 0.0821. The van der Waals surface area contributed by atoms with Gasteiger partial charge in [-0.2, -0.15) is 0 Å². The maximum atomic E-state index is 12.2. The lowest BCUT2D eigenvalue weighted by Crippen LogP contribution is -2.40. The second kappa shape index (κ2) is 7.03. The van der Waals surface area contributed by atoms with Crippen LogP contribution in [0.1, 0.15) is 46.1 Å². The molecule has 1 aliphatic rings. The van der Waals surface area contributed by atoms with Crippen molar-refractivity contribution in [2.75, 3.05) is 19.7 Å². The molecule has 0 aromatic heterocycles. The summed E-state index contributed by atoms with van der Waals surface area (Å²) in [6, 6.07) is 6.08. The summed E-state index contributed by atoms with van der Waals surface area (Å²) in [4.78, 5) is 14.1. The molecule has 4 heteroatoms. The summed E-state index contributed by atoms with van der Waals surface area (Å²) in [7, 11) is 0. The molecule has 1 aromatic rings. The van der Waals surface area contributed by atoms with Gasteiger partial charge in [0.05, 0.1) is 4.47 Å². The van der Waals surface area contributed by atoms with Crippen LogP contribution in [0.15, 0.2) is 22.7 Å². The van der Waals surface area contributed by atoms with Gasteiger partial charge < -0.3 is 9.64 Å². The van der Waals surface area contributed by atoms with Gasteiger partial charge in [0.25, 0.3) is 5.91 Å². The highest BCUT2D eigenvalue weighted by atomic mass is 79.9. The highest BCUT2D eigenvalue weighted by Gasteiger charge is 2.21. The maximum absolute atomic E-state index is 12.2. The van der Waals surface area contributed by atoms with Gasteiger partial charge in [-0.1, -0.05) is 33.8 Å².